The number of sulfonamides is 1. The van der Waals surface area contributed by atoms with Gasteiger partial charge in [0, 0.05) is 18.1 Å². The number of hydrogen-bond donors (Lipinski definition) is 1. The predicted octanol–water partition coefficient (Wildman–Crippen LogP) is 3.02. The molecule has 0 aliphatic rings. The first kappa shape index (κ1) is 15.2. The zero-order valence-electron chi connectivity index (χ0n) is 9.40. The standard InChI is InChI=1S/C10H14BrNO2S3/c1-3-5-15-6-4-12-17(13,14)9-7-8(2)10(11)16-9/h3,7,12H,1,4-6H2,2H3. The molecule has 0 atom stereocenters. The highest BCUT2D eigenvalue weighted by Crippen LogP contribution is 2.30. The monoisotopic (exact) mass is 355 g/mol. The first-order valence-corrected chi connectivity index (χ1v) is 9.16. The largest absolute Gasteiger partial charge is 0.250 e. The Kier molecular flexibility index (Phi) is 6.22. The summed E-state index contributed by atoms with van der Waals surface area (Å²) in [7, 11) is -3.35. The summed E-state index contributed by atoms with van der Waals surface area (Å²) in [5, 5.41) is 0. The molecule has 0 saturated carbocycles. The Labute approximate surface area is 119 Å². The molecule has 0 spiro atoms. The number of aryl methyl sites for hydroxylation is 1. The van der Waals surface area contributed by atoms with Gasteiger partial charge in [-0.3, -0.25) is 0 Å². The number of rotatable bonds is 7. The van der Waals surface area contributed by atoms with E-state index in [2.05, 4.69) is 27.2 Å². The van der Waals surface area contributed by atoms with Crippen LogP contribution >= 0.6 is 39.0 Å². The Morgan fingerprint density at radius 1 is 1.65 bits per heavy atom. The number of halogens is 1. The quantitative estimate of drug-likeness (QED) is 0.603. The first-order valence-electron chi connectivity index (χ1n) is 4.91. The van der Waals surface area contributed by atoms with E-state index in [4.69, 9.17) is 0 Å². The maximum absolute atomic E-state index is 11.9. The van der Waals surface area contributed by atoms with Gasteiger partial charge in [-0.1, -0.05) is 6.08 Å². The van der Waals surface area contributed by atoms with Crippen molar-refractivity contribution < 1.29 is 8.42 Å². The number of thioether (sulfide) groups is 1. The van der Waals surface area contributed by atoms with E-state index in [0.717, 1.165) is 20.9 Å². The number of hydrogen-bond acceptors (Lipinski definition) is 4. The molecule has 0 aromatic carbocycles. The van der Waals surface area contributed by atoms with Crippen LogP contribution in [0.25, 0.3) is 0 Å². The van der Waals surface area contributed by atoms with Crippen molar-refractivity contribution >= 4 is 49.1 Å². The molecule has 0 bridgehead atoms. The molecule has 17 heavy (non-hydrogen) atoms. The second kappa shape index (κ2) is 6.94. The summed E-state index contributed by atoms with van der Waals surface area (Å²) in [6.45, 7) is 5.92. The van der Waals surface area contributed by atoms with E-state index in [1.807, 2.05) is 6.92 Å². The van der Waals surface area contributed by atoms with Crippen LogP contribution in [0.3, 0.4) is 0 Å². The lowest BCUT2D eigenvalue weighted by Crippen LogP contribution is -2.25. The molecule has 0 unspecified atom stereocenters. The highest BCUT2D eigenvalue weighted by molar-refractivity contribution is 9.11. The van der Waals surface area contributed by atoms with E-state index in [1.165, 1.54) is 11.3 Å². The van der Waals surface area contributed by atoms with E-state index in [0.29, 0.717) is 10.8 Å². The second-order valence-corrected chi connectivity index (χ2v) is 8.80. The van der Waals surface area contributed by atoms with Crippen molar-refractivity contribution in [1.29, 1.82) is 0 Å². The lowest BCUT2D eigenvalue weighted by molar-refractivity contribution is 0.586. The minimum absolute atomic E-state index is 0.357. The molecule has 0 fully saturated rings. The van der Waals surface area contributed by atoms with Crippen molar-refractivity contribution in [3.8, 4) is 0 Å². The van der Waals surface area contributed by atoms with Crippen LogP contribution in [-0.2, 0) is 10.0 Å². The Bertz CT molecular complexity index is 462. The van der Waals surface area contributed by atoms with E-state index in [-0.39, 0.29) is 0 Å². The third-order valence-electron chi connectivity index (χ3n) is 1.87. The molecule has 0 amide bonds. The lowest BCUT2D eigenvalue weighted by Gasteiger charge is -2.03. The lowest BCUT2D eigenvalue weighted by atomic mass is 10.4. The zero-order chi connectivity index (χ0) is 12.9. The van der Waals surface area contributed by atoms with Crippen LogP contribution in [0.5, 0.6) is 0 Å². The van der Waals surface area contributed by atoms with Crippen LogP contribution in [-0.4, -0.2) is 26.5 Å². The topological polar surface area (TPSA) is 46.2 Å². The summed E-state index contributed by atoms with van der Waals surface area (Å²) in [6, 6.07) is 1.67. The highest BCUT2D eigenvalue weighted by Gasteiger charge is 2.17. The SMILES string of the molecule is C=CCSCCNS(=O)(=O)c1cc(C)c(Br)s1. The third-order valence-corrected chi connectivity index (χ3v) is 6.91. The van der Waals surface area contributed by atoms with E-state index in [1.54, 1.807) is 23.9 Å². The fourth-order valence-corrected chi connectivity index (χ4v) is 5.06. The van der Waals surface area contributed by atoms with Gasteiger partial charge in [-0.25, -0.2) is 13.1 Å². The van der Waals surface area contributed by atoms with E-state index in [9.17, 15) is 8.42 Å². The molecular weight excluding hydrogens is 342 g/mol. The molecule has 96 valence electrons. The predicted molar refractivity (Wildman–Crippen MR) is 79.5 cm³/mol. The van der Waals surface area contributed by atoms with Crippen molar-refractivity contribution in [2.75, 3.05) is 18.1 Å². The van der Waals surface area contributed by atoms with Gasteiger partial charge in [0.05, 0.1) is 3.79 Å². The number of nitrogens with one attached hydrogen (secondary N) is 1. The molecule has 1 heterocycles. The Balaban J connectivity index is 2.54. The minimum atomic E-state index is -3.35. The van der Waals surface area contributed by atoms with Crippen molar-refractivity contribution in [2.24, 2.45) is 0 Å². The minimum Gasteiger partial charge on any atom is -0.210 e. The third kappa shape index (κ3) is 4.75. The maximum atomic E-state index is 11.9. The van der Waals surface area contributed by atoms with Crippen molar-refractivity contribution in [3.05, 3.63) is 28.1 Å². The molecule has 3 nitrogen and oxygen atoms in total. The van der Waals surface area contributed by atoms with Gasteiger partial charge in [-0.15, -0.1) is 17.9 Å². The van der Waals surface area contributed by atoms with Crippen LogP contribution in [0.4, 0.5) is 0 Å². The zero-order valence-corrected chi connectivity index (χ0v) is 13.4. The summed E-state index contributed by atoms with van der Waals surface area (Å²) in [5.74, 6) is 1.59. The molecule has 1 aromatic rings. The van der Waals surface area contributed by atoms with Crippen LogP contribution in [0.1, 0.15) is 5.56 Å². The van der Waals surface area contributed by atoms with Gasteiger partial charge in [0.15, 0.2) is 0 Å². The van der Waals surface area contributed by atoms with Gasteiger partial charge in [0.25, 0.3) is 0 Å². The van der Waals surface area contributed by atoms with Crippen LogP contribution < -0.4 is 4.72 Å². The smallest absolute Gasteiger partial charge is 0.210 e. The fraction of sp³-hybridized carbons (Fsp3) is 0.400. The van der Waals surface area contributed by atoms with Crippen LogP contribution in [0.2, 0.25) is 0 Å². The molecule has 7 heteroatoms. The molecule has 1 aromatic heterocycles. The molecule has 0 saturated heterocycles. The van der Waals surface area contributed by atoms with Crippen LogP contribution in [0.15, 0.2) is 26.7 Å². The molecule has 0 aliphatic heterocycles. The van der Waals surface area contributed by atoms with E-state index < -0.39 is 10.0 Å². The summed E-state index contributed by atoms with van der Waals surface area (Å²) in [4.78, 5) is 0. The normalized spacial score (nSPS) is 11.6. The van der Waals surface area contributed by atoms with Crippen LogP contribution in [0, 0.1) is 6.92 Å². The molecule has 1 N–H and O–H groups in total. The summed E-state index contributed by atoms with van der Waals surface area (Å²) in [5.41, 5.74) is 0.941. The van der Waals surface area contributed by atoms with Gasteiger partial charge >= 0.3 is 0 Å². The summed E-state index contributed by atoms with van der Waals surface area (Å²) in [6.07, 6.45) is 1.80. The van der Waals surface area contributed by atoms with Crippen molar-refractivity contribution in [3.63, 3.8) is 0 Å². The van der Waals surface area contributed by atoms with Crippen molar-refractivity contribution in [1.82, 2.24) is 4.72 Å². The number of thiophene rings is 1. The average molecular weight is 356 g/mol. The average Bonchev–Trinajstić information content (AvgIpc) is 2.60. The molecular formula is C10H14BrNO2S3. The Morgan fingerprint density at radius 3 is 2.88 bits per heavy atom. The molecule has 0 aliphatic carbocycles. The maximum Gasteiger partial charge on any atom is 0.250 e. The van der Waals surface area contributed by atoms with Gasteiger partial charge in [-0.2, -0.15) is 11.8 Å². The van der Waals surface area contributed by atoms with Gasteiger partial charge in [0.1, 0.15) is 4.21 Å². The Morgan fingerprint density at radius 2 is 2.35 bits per heavy atom. The second-order valence-electron chi connectivity index (χ2n) is 3.28. The Hall–Kier alpha value is 0.180. The van der Waals surface area contributed by atoms with Gasteiger partial charge in [0.2, 0.25) is 10.0 Å². The summed E-state index contributed by atoms with van der Waals surface area (Å²) >= 11 is 6.20. The summed E-state index contributed by atoms with van der Waals surface area (Å²) < 4.78 is 27.6. The molecule has 0 radical (unpaired) electrons. The molecule has 1 rings (SSSR count). The first-order chi connectivity index (χ1) is 7.97. The fourth-order valence-electron chi connectivity index (χ4n) is 1.05. The van der Waals surface area contributed by atoms with Crippen molar-refractivity contribution in [2.45, 2.75) is 11.1 Å². The van der Waals surface area contributed by atoms with Gasteiger partial charge < -0.3 is 0 Å². The van der Waals surface area contributed by atoms with Gasteiger partial charge in [-0.05, 0) is 34.5 Å². The highest BCUT2D eigenvalue weighted by atomic mass is 79.9. The van der Waals surface area contributed by atoms with E-state index >= 15 is 0 Å².